The predicted molar refractivity (Wildman–Crippen MR) is 78.0 cm³/mol. The Morgan fingerprint density at radius 1 is 1.22 bits per heavy atom. The molecule has 0 aromatic carbocycles. The molecule has 2 fully saturated rings. The number of rotatable bonds is 7. The van der Waals surface area contributed by atoms with Crippen molar-refractivity contribution in [2.45, 2.75) is 58.0 Å². The Bertz CT molecular complexity index is 242. The summed E-state index contributed by atoms with van der Waals surface area (Å²) in [5.74, 6) is 0. The minimum absolute atomic E-state index is 0.332. The summed E-state index contributed by atoms with van der Waals surface area (Å²) in [6, 6.07) is 0.902. The summed E-state index contributed by atoms with van der Waals surface area (Å²) in [7, 11) is 0. The van der Waals surface area contributed by atoms with Crippen LogP contribution in [0, 0.1) is 0 Å². The maximum atomic E-state index is 3.45. The molecule has 1 aliphatic carbocycles. The van der Waals surface area contributed by atoms with Gasteiger partial charge in [0.25, 0.3) is 0 Å². The first-order valence-electron chi connectivity index (χ1n) is 7.83. The third kappa shape index (κ3) is 3.94. The molecule has 0 radical (unpaired) electrons. The summed E-state index contributed by atoms with van der Waals surface area (Å²) >= 11 is 0. The fraction of sp³-hybridized carbons (Fsp3) is 1.00. The Morgan fingerprint density at radius 2 is 1.89 bits per heavy atom. The van der Waals surface area contributed by atoms with Gasteiger partial charge in [-0.25, -0.2) is 0 Å². The van der Waals surface area contributed by atoms with Crippen molar-refractivity contribution < 1.29 is 0 Å². The van der Waals surface area contributed by atoms with Crippen molar-refractivity contribution in [1.82, 2.24) is 15.1 Å². The number of nitrogens with zero attached hydrogens (tertiary/aromatic N) is 2. The zero-order valence-corrected chi connectivity index (χ0v) is 12.5. The Balaban J connectivity index is 1.86. The molecule has 1 heterocycles. The van der Waals surface area contributed by atoms with Crippen molar-refractivity contribution >= 4 is 0 Å². The number of unbranched alkanes of at least 4 members (excludes halogenated alkanes) is 1. The first-order valence-corrected chi connectivity index (χ1v) is 7.83. The molecular formula is C15H31N3. The molecular weight excluding hydrogens is 222 g/mol. The van der Waals surface area contributed by atoms with Gasteiger partial charge in [-0.05, 0) is 39.7 Å². The van der Waals surface area contributed by atoms with E-state index in [1.54, 1.807) is 0 Å². The van der Waals surface area contributed by atoms with Crippen LogP contribution in [0.1, 0.15) is 46.5 Å². The SMILES string of the molecule is CCCCN(CC(C)(C)N1CCNCC1)C1CC1. The molecule has 0 spiro atoms. The highest BCUT2D eigenvalue weighted by Gasteiger charge is 2.35. The second-order valence-electron chi connectivity index (χ2n) is 6.60. The highest BCUT2D eigenvalue weighted by atomic mass is 15.3. The third-order valence-corrected chi connectivity index (χ3v) is 4.43. The van der Waals surface area contributed by atoms with E-state index in [-0.39, 0.29) is 0 Å². The average molecular weight is 253 g/mol. The van der Waals surface area contributed by atoms with Gasteiger partial charge in [0.1, 0.15) is 0 Å². The third-order valence-electron chi connectivity index (χ3n) is 4.43. The number of nitrogens with one attached hydrogen (secondary N) is 1. The van der Waals surface area contributed by atoms with Crippen LogP contribution in [-0.4, -0.2) is 60.6 Å². The van der Waals surface area contributed by atoms with Gasteiger partial charge >= 0.3 is 0 Å². The van der Waals surface area contributed by atoms with Crippen LogP contribution in [-0.2, 0) is 0 Å². The van der Waals surface area contributed by atoms with Crippen LogP contribution in [0.2, 0.25) is 0 Å². The predicted octanol–water partition coefficient (Wildman–Crippen LogP) is 1.93. The van der Waals surface area contributed by atoms with Gasteiger partial charge in [0.15, 0.2) is 0 Å². The van der Waals surface area contributed by atoms with Gasteiger partial charge in [-0.2, -0.15) is 0 Å². The Morgan fingerprint density at radius 3 is 2.44 bits per heavy atom. The first-order chi connectivity index (χ1) is 8.63. The van der Waals surface area contributed by atoms with E-state index in [1.807, 2.05) is 0 Å². The second-order valence-corrected chi connectivity index (χ2v) is 6.60. The largest absolute Gasteiger partial charge is 0.314 e. The summed E-state index contributed by atoms with van der Waals surface area (Å²) in [4.78, 5) is 5.43. The smallest absolute Gasteiger partial charge is 0.0281 e. The zero-order valence-electron chi connectivity index (χ0n) is 12.5. The number of piperazine rings is 1. The summed E-state index contributed by atoms with van der Waals surface area (Å²) in [6.45, 7) is 14.4. The quantitative estimate of drug-likeness (QED) is 0.748. The Hall–Kier alpha value is -0.120. The lowest BCUT2D eigenvalue weighted by Gasteiger charge is -2.44. The van der Waals surface area contributed by atoms with Gasteiger partial charge < -0.3 is 5.32 Å². The van der Waals surface area contributed by atoms with E-state index in [9.17, 15) is 0 Å². The molecule has 0 aromatic rings. The molecule has 1 N–H and O–H groups in total. The van der Waals surface area contributed by atoms with Crippen LogP contribution < -0.4 is 5.32 Å². The zero-order chi connectivity index (χ0) is 13.0. The minimum atomic E-state index is 0.332. The molecule has 2 rings (SSSR count). The molecule has 3 heteroatoms. The lowest BCUT2D eigenvalue weighted by Crippen LogP contribution is -2.58. The lowest BCUT2D eigenvalue weighted by molar-refractivity contribution is 0.0597. The van der Waals surface area contributed by atoms with Crippen LogP contribution in [0.5, 0.6) is 0 Å². The van der Waals surface area contributed by atoms with E-state index in [0.717, 1.165) is 19.1 Å². The van der Waals surface area contributed by atoms with Gasteiger partial charge in [-0.3, -0.25) is 9.80 Å². The monoisotopic (exact) mass is 253 g/mol. The molecule has 0 amide bonds. The van der Waals surface area contributed by atoms with Gasteiger partial charge in [-0.1, -0.05) is 13.3 Å². The Labute approximate surface area is 113 Å². The standard InChI is InChI=1S/C15H31N3/c1-4-5-10-17(14-6-7-14)13-15(2,3)18-11-8-16-9-12-18/h14,16H,4-13H2,1-3H3. The van der Waals surface area contributed by atoms with Crippen LogP contribution in [0.15, 0.2) is 0 Å². The van der Waals surface area contributed by atoms with Crippen molar-refractivity contribution in [3.05, 3.63) is 0 Å². The summed E-state index contributed by atoms with van der Waals surface area (Å²) in [6.07, 6.45) is 5.54. The van der Waals surface area contributed by atoms with Gasteiger partial charge in [-0.15, -0.1) is 0 Å². The fourth-order valence-electron chi connectivity index (χ4n) is 3.06. The van der Waals surface area contributed by atoms with Crippen molar-refractivity contribution in [3.8, 4) is 0 Å². The fourth-order valence-corrected chi connectivity index (χ4v) is 3.06. The molecule has 1 saturated carbocycles. The van der Waals surface area contributed by atoms with Crippen LogP contribution in [0.4, 0.5) is 0 Å². The van der Waals surface area contributed by atoms with E-state index in [1.165, 1.54) is 51.9 Å². The summed E-state index contributed by atoms with van der Waals surface area (Å²) in [5, 5.41) is 3.45. The van der Waals surface area contributed by atoms with E-state index >= 15 is 0 Å². The summed E-state index contributed by atoms with van der Waals surface area (Å²) in [5.41, 5.74) is 0.332. The minimum Gasteiger partial charge on any atom is -0.314 e. The normalized spacial score (nSPS) is 22.7. The van der Waals surface area contributed by atoms with E-state index < -0.39 is 0 Å². The first kappa shape index (κ1) is 14.3. The average Bonchev–Trinajstić information content (AvgIpc) is 3.20. The topological polar surface area (TPSA) is 18.5 Å². The van der Waals surface area contributed by atoms with Crippen LogP contribution in [0.25, 0.3) is 0 Å². The molecule has 2 aliphatic rings. The number of hydrogen-bond acceptors (Lipinski definition) is 3. The molecule has 1 aliphatic heterocycles. The van der Waals surface area contributed by atoms with Crippen molar-refractivity contribution in [3.63, 3.8) is 0 Å². The highest BCUT2D eigenvalue weighted by Crippen LogP contribution is 2.29. The van der Waals surface area contributed by atoms with Crippen molar-refractivity contribution in [2.24, 2.45) is 0 Å². The molecule has 3 nitrogen and oxygen atoms in total. The van der Waals surface area contributed by atoms with E-state index in [0.29, 0.717) is 5.54 Å². The molecule has 106 valence electrons. The van der Waals surface area contributed by atoms with E-state index in [4.69, 9.17) is 0 Å². The number of hydrogen-bond donors (Lipinski definition) is 1. The second kappa shape index (κ2) is 6.36. The lowest BCUT2D eigenvalue weighted by atomic mass is 10.0. The van der Waals surface area contributed by atoms with Gasteiger partial charge in [0, 0.05) is 44.3 Å². The molecule has 0 unspecified atom stereocenters. The maximum absolute atomic E-state index is 3.45. The van der Waals surface area contributed by atoms with Gasteiger partial charge in [0.05, 0.1) is 0 Å². The van der Waals surface area contributed by atoms with Crippen molar-refractivity contribution in [2.75, 3.05) is 39.3 Å². The molecule has 0 aromatic heterocycles. The molecule has 1 saturated heterocycles. The van der Waals surface area contributed by atoms with Gasteiger partial charge in [0.2, 0.25) is 0 Å². The van der Waals surface area contributed by atoms with Crippen LogP contribution >= 0.6 is 0 Å². The molecule has 0 atom stereocenters. The summed E-state index contributed by atoms with van der Waals surface area (Å²) < 4.78 is 0. The molecule has 0 bridgehead atoms. The maximum Gasteiger partial charge on any atom is 0.0281 e. The molecule has 18 heavy (non-hydrogen) atoms. The van der Waals surface area contributed by atoms with Crippen molar-refractivity contribution in [1.29, 1.82) is 0 Å². The Kier molecular flexibility index (Phi) is 5.05. The van der Waals surface area contributed by atoms with E-state index in [2.05, 4.69) is 35.9 Å². The van der Waals surface area contributed by atoms with Crippen LogP contribution in [0.3, 0.4) is 0 Å². The highest BCUT2D eigenvalue weighted by molar-refractivity contribution is 4.93.